The van der Waals surface area contributed by atoms with Gasteiger partial charge in [-0.1, -0.05) is 36.4 Å². The molecule has 1 N–H and O–H groups in total. The molecule has 7 nitrogen and oxygen atoms in total. The van der Waals surface area contributed by atoms with Crippen LogP contribution in [0.2, 0.25) is 0 Å². The molecule has 0 bridgehead atoms. The molecule has 2 heterocycles. The number of benzene rings is 2. The summed E-state index contributed by atoms with van der Waals surface area (Å²) in [5.41, 5.74) is 3.16. The van der Waals surface area contributed by atoms with Crippen molar-refractivity contribution in [2.75, 3.05) is 5.32 Å². The molecule has 0 saturated carbocycles. The zero-order chi connectivity index (χ0) is 20.4. The fraction of sp³-hybridized carbons (Fsp3) is 0.143. The highest BCUT2D eigenvalue weighted by Gasteiger charge is 2.20. The molecule has 1 amide bonds. The van der Waals surface area contributed by atoms with Crippen LogP contribution in [0.4, 0.5) is 10.3 Å². The van der Waals surface area contributed by atoms with Crippen molar-refractivity contribution in [1.29, 1.82) is 0 Å². The third-order valence-corrected chi connectivity index (χ3v) is 4.57. The van der Waals surface area contributed by atoms with Gasteiger partial charge in [0.2, 0.25) is 5.95 Å². The Bertz CT molecular complexity index is 1170. The largest absolute Gasteiger partial charge is 0.289 e. The van der Waals surface area contributed by atoms with Gasteiger partial charge in [0, 0.05) is 5.56 Å². The van der Waals surface area contributed by atoms with Crippen LogP contribution in [0, 0.1) is 19.7 Å². The van der Waals surface area contributed by atoms with Crippen molar-refractivity contribution in [2.45, 2.75) is 20.4 Å². The van der Waals surface area contributed by atoms with Crippen LogP contribution in [0.1, 0.15) is 27.3 Å². The quantitative estimate of drug-likeness (QED) is 0.566. The standard InChI is InChI=1S/C21H19FN6O/c1-14-19(15(2)28(25-14)17-9-4-3-5-10-17)20(29)24-21-23-13-27(26-21)12-16-8-6-7-11-18(16)22/h3-11,13H,12H2,1-2H3,(H,24,26,29). The van der Waals surface area contributed by atoms with Crippen LogP contribution >= 0.6 is 0 Å². The van der Waals surface area contributed by atoms with E-state index in [2.05, 4.69) is 20.5 Å². The van der Waals surface area contributed by atoms with E-state index in [0.717, 1.165) is 11.4 Å². The number of aryl methyl sites for hydroxylation is 1. The highest BCUT2D eigenvalue weighted by molar-refractivity contribution is 6.05. The van der Waals surface area contributed by atoms with Crippen LogP contribution in [-0.4, -0.2) is 30.5 Å². The van der Waals surface area contributed by atoms with E-state index in [0.29, 0.717) is 16.8 Å². The molecule has 0 aliphatic carbocycles. The molecular weight excluding hydrogens is 371 g/mol. The summed E-state index contributed by atoms with van der Waals surface area (Å²) in [5.74, 6) is -0.503. The number of nitrogens with zero attached hydrogens (tertiary/aromatic N) is 5. The minimum Gasteiger partial charge on any atom is -0.289 e. The van der Waals surface area contributed by atoms with Gasteiger partial charge >= 0.3 is 0 Å². The molecule has 0 unspecified atom stereocenters. The average molecular weight is 390 g/mol. The Balaban J connectivity index is 1.53. The van der Waals surface area contributed by atoms with Crippen LogP contribution in [0.5, 0.6) is 0 Å². The Morgan fingerprint density at radius 3 is 2.52 bits per heavy atom. The number of amides is 1. The molecule has 0 atom stereocenters. The molecule has 0 saturated heterocycles. The summed E-state index contributed by atoms with van der Waals surface area (Å²) < 4.78 is 17.0. The predicted octanol–water partition coefficient (Wildman–Crippen LogP) is 3.52. The third-order valence-electron chi connectivity index (χ3n) is 4.57. The van der Waals surface area contributed by atoms with Crippen molar-refractivity contribution in [2.24, 2.45) is 0 Å². The number of rotatable bonds is 5. The van der Waals surface area contributed by atoms with E-state index >= 15 is 0 Å². The number of hydrogen-bond acceptors (Lipinski definition) is 4. The van der Waals surface area contributed by atoms with Crippen molar-refractivity contribution < 1.29 is 9.18 Å². The summed E-state index contributed by atoms with van der Waals surface area (Å²) in [4.78, 5) is 16.9. The van der Waals surface area contributed by atoms with Gasteiger partial charge in [-0.25, -0.2) is 18.7 Å². The number of para-hydroxylation sites is 1. The zero-order valence-corrected chi connectivity index (χ0v) is 16.0. The van der Waals surface area contributed by atoms with E-state index in [1.165, 1.54) is 17.1 Å². The lowest BCUT2D eigenvalue weighted by Gasteiger charge is -2.05. The predicted molar refractivity (Wildman–Crippen MR) is 107 cm³/mol. The van der Waals surface area contributed by atoms with E-state index in [9.17, 15) is 9.18 Å². The maximum Gasteiger partial charge on any atom is 0.261 e. The number of halogens is 1. The van der Waals surface area contributed by atoms with Crippen molar-refractivity contribution in [3.05, 3.63) is 89.3 Å². The summed E-state index contributed by atoms with van der Waals surface area (Å²) in [6.45, 7) is 3.84. The van der Waals surface area contributed by atoms with Crippen molar-refractivity contribution in [1.82, 2.24) is 24.5 Å². The van der Waals surface area contributed by atoms with Gasteiger partial charge in [0.25, 0.3) is 5.91 Å². The molecule has 4 aromatic rings. The number of hydrogen-bond donors (Lipinski definition) is 1. The molecule has 0 spiro atoms. The fourth-order valence-electron chi connectivity index (χ4n) is 3.19. The lowest BCUT2D eigenvalue weighted by molar-refractivity contribution is 0.102. The Hall–Kier alpha value is -3.81. The Morgan fingerprint density at radius 1 is 1.03 bits per heavy atom. The summed E-state index contributed by atoms with van der Waals surface area (Å²) >= 11 is 0. The van der Waals surface area contributed by atoms with Crippen LogP contribution in [-0.2, 0) is 6.54 Å². The van der Waals surface area contributed by atoms with Gasteiger partial charge < -0.3 is 0 Å². The van der Waals surface area contributed by atoms with Gasteiger partial charge in [0.05, 0.1) is 29.2 Å². The lowest BCUT2D eigenvalue weighted by Crippen LogP contribution is -2.15. The minimum absolute atomic E-state index is 0.151. The first kappa shape index (κ1) is 18.5. The van der Waals surface area contributed by atoms with Gasteiger partial charge in [0.15, 0.2) is 0 Å². The topological polar surface area (TPSA) is 77.6 Å². The maximum atomic E-state index is 13.8. The van der Waals surface area contributed by atoms with Crippen LogP contribution in [0.3, 0.4) is 0 Å². The molecular formula is C21H19FN6O. The molecule has 29 heavy (non-hydrogen) atoms. The van der Waals surface area contributed by atoms with Crippen molar-refractivity contribution >= 4 is 11.9 Å². The monoisotopic (exact) mass is 390 g/mol. The molecule has 0 aliphatic rings. The molecule has 2 aromatic carbocycles. The molecule has 0 radical (unpaired) electrons. The summed E-state index contributed by atoms with van der Waals surface area (Å²) in [5, 5.41) is 11.4. The van der Waals surface area contributed by atoms with Gasteiger partial charge in [-0.3, -0.25) is 10.1 Å². The van der Waals surface area contributed by atoms with E-state index in [1.807, 2.05) is 37.3 Å². The smallest absolute Gasteiger partial charge is 0.261 e. The Labute approximate surface area is 166 Å². The normalized spacial score (nSPS) is 10.9. The van der Waals surface area contributed by atoms with Gasteiger partial charge in [0.1, 0.15) is 12.1 Å². The highest BCUT2D eigenvalue weighted by atomic mass is 19.1. The van der Waals surface area contributed by atoms with E-state index < -0.39 is 0 Å². The second-order valence-electron chi connectivity index (χ2n) is 6.60. The number of aromatic nitrogens is 5. The third kappa shape index (κ3) is 3.77. The number of anilines is 1. The molecule has 8 heteroatoms. The second-order valence-corrected chi connectivity index (χ2v) is 6.60. The summed E-state index contributed by atoms with van der Waals surface area (Å²) in [7, 11) is 0. The number of nitrogens with one attached hydrogen (secondary N) is 1. The van der Waals surface area contributed by atoms with Crippen molar-refractivity contribution in [3.8, 4) is 5.69 Å². The fourth-order valence-corrected chi connectivity index (χ4v) is 3.19. The molecule has 146 valence electrons. The molecule has 4 rings (SSSR count). The average Bonchev–Trinajstić information content (AvgIpc) is 3.27. The first-order valence-corrected chi connectivity index (χ1v) is 9.09. The van der Waals surface area contributed by atoms with Crippen LogP contribution < -0.4 is 5.32 Å². The van der Waals surface area contributed by atoms with Crippen molar-refractivity contribution in [3.63, 3.8) is 0 Å². The first-order valence-electron chi connectivity index (χ1n) is 9.09. The summed E-state index contributed by atoms with van der Waals surface area (Å²) in [6, 6.07) is 16.1. The van der Waals surface area contributed by atoms with Gasteiger partial charge in [-0.05, 0) is 32.0 Å². The molecule has 0 fully saturated rings. The van der Waals surface area contributed by atoms with Gasteiger partial charge in [-0.15, -0.1) is 5.10 Å². The molecule has 0 aliphatic heterocycles. The summed E-state index contributed by atoms with van der Waals surface area (Å²) in [6.07, 6.45) is 1.45. The van der Waals surface area contributed by atoms with Gasteiger partial charge in [-0.2, -0.15) is 5.10 Å². The number of carbonyl (C=O) groups is 1. The minimum atomic E-state index is -0.342. The van der Waals surface area contributed by atoms with E-state index in [-0.39, 0.29) is 24.2 Å². The van der Waals surface area contributed by atoms with E-state index in [1.54, 1.807) is 29.8 Å². The second kappa shape index (κ2) is 7.67. The Morgan fingerprint density at radius 2 is 1.76 bits per heavy atom. The van der Waals surface area contributed by atoms with Crippen LogP contribution in [0.15, 0.2) is 60.9 Å². The first-order chi connectivity index (χ1) is 14.0. The SMILES string of the molecule is Cc1nn(-c2ccccc2)c(C)c1C(=O)Nc1ncn(Cc2ccccc2F)n1. The zero-order valence-electron chi connectivity index (χ0n) is 16.0. The molecule has 2 aromatic heterocycles. The van der Waals surface area contributed by atoms with Crippen LogP contribution in [0.25, 0.3) is 5.69 Å². The lowest BCUT2D eigenvalue weighted by atomic mass is 10.2. The maximum absolute atomic E-state index is 13.8. The Kier molecular flexibility index (Phi) is 4.90. The van der Waals surface area contributed by atoms with E-state index in [4.69, 9.17) is 0 Å². The highest BCUT2D eigenvalue weighted by Crippen LogP contribution is 2.19. The number of carbonyl (C=O) groups excluding carboxylic acids is 1.